The molecule has 1 atom stereocenters. The van der Waals surface area contributed by atoms with Gasteiger partial charge in [-0.15, -0.1) is 9.40 Å². The van der Waals surface area contributed by atoms with Gasteiger partial charge in [-0.3, -0.25) is 14.1 Å². The average molecular weight is 624 g/mol. The molecule has 0 aromatic heterocycles. The third kappa shape index (κ3) is 7.01. The summed E-state index contributed by atoms with van der Waals surface area (Å²) in [5.41, 5.74) is 3.59. The van der Waals surface area contributed by atoms with Gasteiger partial charge in [-0.25, -0.2) is 10.1 Å². The predicted molar refractivity (Wildman–Crippen MR) is 153 cm³/mol. The molecule has 2 aromatic rings. The van der Waals surface area contributed by atoms with Gasteiger partial charge in [0, 0.05) is 49.1 Å². The molecule has 2 amide bonds. The van der Waals surface area contributed by atoms with Gasteiger partial charge in [0.05, 0.1) is 23.2 Å². The minimum Gasteiger partial charge on any atom is -0.330 e. The molecule has 228 valence electrons. The minimum absolute atomic E-state index is 0.0471. The van der Waals surface area contributed by atoms with E-state index in [0.29, 0.717) is 24.4 Å². The van der Waals surface area contributed by atoms with Crippen LogP contribution >= 0.6 is 12.0 Å². The summed E-state index contributed by atoms with van der Waals surface area (Å²) in [5, 5.41) is 15.0. The van der Waals surface area contributed by atoms with E-state index in [1.165, 1.54) is 0 Å². The summed E-state index contributed by atoms with van der Waals surface area (Å²) >= 11 is 0.890. The number of aryl methyl sites for hydroxylation is 1. The number of hydrogen-bond donors (Lipinski definition) is 2. The number of rotatable bonds is 14. The molecule has 2 aliphatic heterocycles. The fraction of sp³-hybridized carbons (Fsp3) is 0.500. The van der Waals surface area contributed by atoms with Crippen molar-refractivity contribution < 1.29 is 51.4 Å². The van der Waals surface area contributed by atoms with Gasteiger partial charge in [-0.1, -0.05) is 23.9 Å². The molecule has 4 rings (SSSR count). The van der Waals surface area contributed by atoms with E-state index in [1.54, 1.807) is 0 Å². The molecule has 1 saturated heterocycles. The summed E-state index contributed by atoms with van der Waals surface area (Å²) < 4.78 is 38.9. The Labute approximate surface area is 248 Å². The topological polar surface area (TPSA) is 160 Å². The van der Waals surface area contributed by atoms with E-state index in [2.05, 4.69) is 22.6 Å². The molecule has 14 heteroatoms. The monoisotopic (exact) mass is 623 g/mol. The number of amides is 2. The Morgan fingerprint density at radius 1 is 1.07 bits per heavy atom. The molecule has 2 N–H and O–H groups in total. The van der Waals surface area contributed by atoms with Gasteiger partial charge >= 0.3 is 5.97 Å². The van der Waals surface area contributed by atoms with Gasteiger partial charge in [0.2, 0.25) is 5.69 Å². The van der Waals surface area contributed by atoms with E-state index in [0.717, 1.165) is 63.1 Å². The number of carbonyl (C=O) groups is 3. The zero-order valence-corrected chi connectivity index (χ0v) is 25.4. The Kier molecular flexibility index (Phi) is 10.1. The van der Waals surface area contributed by atoms with E-state index >= 15 is 0 Å². The Balaban J connectivity index is 1.55. The highest BCUT2D eigenvalue weighted by Gasteiger charge is 2.47. The van der Waals surface area contributed by atoms with Gasteiger partial charge in [0.1, 0.15) is 6.54 Å². The van der Waals surface area contributed by atoms with E-state index < -0.39 is 33.3 Å². The van der Waals surface area contributed by atoms with Crippen LogP contribution in [0.25, 0.3) is 10.8 Å². The van der Waals surface area contributed by atoms with Crippen LogP contribution < -0.4 is 0 Å². The smallest absolute Gasteiger partial charge is 0.330 e. The fourth-order valence-electron chi connectivity index (χ4n) is 5.84. The van der Waals surface area contributed by atoms with Crippen LogP contribution in [-0.4, -0.2) is 63.7 Å². The molecular weight excluding hydrogens is 588 g/mol. The van der Waals surface area contributed by atoms with Gasteiger partial charge in [0.25, 0.3) is 21.9 Å². The zero-order valence-electron chi connectivity index (χ0n) is 23.8. The van der Waals surface area contributed by atoms with Gasteiger partial charge in [0.15, 0.2) is 5.71 Å². The van der Waals surface area contributed by atoms with Crippen LogP contribution in [0.5, 0.6) is 0 Å². The molecule has 2 heterocycles. The predicted octanol–water partition coefficient (Wildman–Crippen LogP) is 4.79. The lowest BCUT2D eigenvalue weighted by molar-refractivity contribution is -0.438. The Hall–Kier alpha value is -2.88. The highest BCUT2D eigenvalue weighted by Crippen LogP contribution is 2.48. The maximum atomic E-state index is 12.2. The van der Waals surface area contributed by atoms with Crippen LogP contribution in [0.1, 0.15) is 76.3 Å². The van der Waals surface area contributed by atoms with E-state index in [4.69, 9.17) is 14.4 Å². The number of hydroxylamine groups is 2. The summed E-state index contributed by atoms with van der Waals surface area (Å²) in [6, 6.07) is 7.94. The SMILES string of the molecule is CC1=[N+](CCCS(=O)(=O)O)c2ccc3c(SOOO)cc(C)cc3c2C1(C)CCCCCC(=O)ON1C(=O)CCC1=O. The first-order valence-electron chi connectivity index (χ1n) is 13.7. The van der Waals surface area contributed by atoms with Crippen molar-refractivity contribution in [2.24, 2.45) is 0 Å². The summed E-state index contributed by atoms with van der Waals surface area (Å²) in [6.45, 7) is 6.52. The van der Waals surface area contributed by atoms with E-state index in [1.807, 2.05) is 32.0 Å². The number of carbonyl (C=O) groups excluding carboxylic acids is 3. The molecule has 0 spiro atoms. The first-order valence-corrected chi connectivity index (χ1v) is 16.1. The average Bonchev–Trinajstić information content (AvgIpc) is 3.34. The number of hydrogen-bond acceptors (Lipinski definition) is 10. The second-order valence-corrected chi connectivity index (χ2v) is 13.2. The minimum atomic E-state index is -4.10. The van der Waals surface area contributed by atoms with Crippen LogP contribution in [0.4, 0.5) is 5.69 Å². The maximum Gasteiger partial charge on any atom is 0.333 e. The second-order valence-electron chi connectivity index (χ2n) is 10.9. The van der Waals surface area contributed by atoms with Crippen molar-refractivity contribution in [3.63, 3.8) is 0 Å². The molecule has 0 aliphatic carbocycles. The molecule has 2 aliphatic rings. The highest BCUT2D eigenvalue weighted by atomic mass is 32.2. The fourth-order valence-corrected chi connectivity index (χ4v) is 6.94. The number of nitrogens with zero attached hydrogens (tertiary/aromatic N) is 2. The zero-order chi connectivity index (χ0) is 30.7. The largest absolute Gasteiger partial charge is 0.333 e. The lowest BCUT2D eigenvalue weighted by atomic mass is 9.74. The quantitative estimate of drug-likeness (QED) is 0.0567. The summed E-state index contributed by atoms with van der Waals surface area (Å²) in [6.07, 6.45) is 3.11. The molecule has 1 unspecified atom stereocenters. The van der Waals surface area contributed by atoms with Crippen LogP contribution in [0.2, 0.25) is 0 Å². The van der Waals surface area contributed by atoms with Crippen molar-refractivity contribution in [1.29, 1.82) is 0 Å². The molecule has 0 saturated carbocycles. The molecular formula is C28H35N2O10S2+. The van der Waals surface area contributed by atoms with Crippen molar-refractivity contribution in [1.82, 2.24) is 5.06 Å². The molecule has 1 fully saturated rings. The van der Waals surface area contributed by atoms with Crippen molar-refractivity contribution >= 4 is 62.1 Å². The summed E-state index contributed by atoms with van der Waals surface area (Å²) in [7, 11) is -4.10. The molecule has 0 radical (unpaired) electrons. The van der Waals surface area contributed by atoms with Crippen LogP contribution in [0.15, 0.2) is 29.2 Å². The van der Waals surface area contributed by atoms with E-state index in [-0.39, 0.29) is 31.4 Å². The number of fused-ring (bicyclic) bond motifs is 3. The lowest BCUT2D eigenvalue weighted by Crippen LogP contribution is -2.32. The molecule has 12 nitrogen and oxygen atoms in total. The Morgan fingerprint density at radius 3 is 2.45 bits per heavy atom. The van der Waals surface area contributed by atoms with Crippen LogP contribution in [0.3, 0.4) is 0 Å². The maximum absolute atomic E-state index is 12.2. The first kappa shape index (κ1) is 32.0. The normalized spacial score (nSPS) is 18.8. The molecule has 2 aromatic carbocycles. The second kappa shape index (κ2) is 13.2. The molecule has 42 heavy (non-hydrogen) atoms. The number of unbranched alkanes of at least 4 members (excludes halogenated alkanes) is 2. The lowest BCUT2D eigenvalue weighted by Gasteiger charge is -2.24. The highest BCUT2D eigenvalue weighted by molar-refractivity contribution is 7.94. The van der Waals surface area contributed by atoms with Crippen molar-refractivity contribution in [3.05, 3.63) is 35.4 Å². The summed E-state index contributed by atoms with van der Waals surface area (Å²) in [5.74, 6) is -1.98. The number of imide groups is 1. The Morgan fingerprint density at radius 2 is 1.79 bits per heavy atom. The van der Waals surface area contributed by atoms with E-state index in [9.17, 15) is 27.4 Å². The van der Waals surface area contributed by atoms with Crippen molar-refractivity contribution in [3.8, 4) is 0 Å². The Bertz CT molecular complexity index is 1520. The third-order valence-electron chi connectivity index (χ3n) is 7.96. The van der Waals surface area contributed by atoms with Gasteiger partial charge in [-0.2, -0.15) is 13.0 Å². The standard InChI is InChI=1S/C28H34N2O10S2/c1-18-16-21-20(23(17-18)41-40-39-34)9-10-22-27(21)28(3,19(2)29(22)14-7-15-42(35,36)37)13-6-4-5-8-26(33)38-30-24(31)11-12-25(30)32/h9-10,16-17H,4-8,11-15H2,1-3H3,(H-,34,35,36,37)/p+1. The van der Waals surface area contributed by atoms with Crippen LogP contribution in [0, 0.1) is 6.92 Å². The molecule has 0 bridgehead atoms. The van der Waals surface area contributed by atoms with Crippen molar-refractivity contribution in [2.45, 2.75) is 82.4 Å². The van der Waals surface area contributed by atoms with Gasteiger partial charge in [-0.05, 0) is 55.2 Å². The first-order chi connectivity index (χ1) is 19.9. The van der Waals surface area contributed by atoms with Crippen LogP contribution in [-0.2, 0) is 44.1 Å². The van der Waals surface area contributed by atoms with Gasteiger partial charge < -0.3 is 4.84 Å². The summed E-state index contributed by atoms with van der Waals surface area (Å²) in [4.78, 5) is 41.3. The third-order valence-corrected chi connectivity index (χ3v) is 9.41. The number of benzene rings is 2. The van der Waals surface area contributed by atoms with Crippen molar-refractivity contribution in [2.75, 3.05) is 12.3 Å².